The number of nitrogens with two attached hydrogens (primary N) is 1. The quantitative estimate of drug-likeness (QED) is 0.772. The van der Waals surface area contributed by atoms with Gasteiger partial charge in [0.2, 0.25) is 0 Å². The number of hydrogen-bond acceptors (Lipinski definition) is 2. The van der Waals surface area contributed by atoms with Gasteiger partial charge in [0.15, 0.2) is 0 Å². The third-order valence-electron chi connectivity index (χ3n) is 3.76. The van der Waals surface area contributed by atoms with E-state index in [1.807, 2.05) is 11.7 Å². The summed E-state index contributed by atoms with van der Waals surface area (Å²) in [4.78, 5) is 0. The van der Waals surface area contributed by atoms with Gasteiger partial charge in [-0.25, -0.2) is 0 Å². The molecule has 0 saturated heterocycles. The van der Waals surface area contributed by atoms with Gasteiger partial charge in [0, 0.05) is 18.7 Å². The molecule has 1 aromatic heterocycles. The number of aromatic nitrogens is 2. The van der Waals surface area contributed by atoms with Gasteiger partial charge in [-0.1, -0.05) is 13.8 Å². The van der Waals surface area contributed by atoms with Crippen LogP contribution in [-0.4, -0.2) is 16.3 Å². The van der Waals surface area contributed by atoms with E-state index in [0.29, 0.717) is 17.3 Å². The lowest BCUT2D eigenvalue weighted by atomic mass is 10.1. The monoisotopic (exact) mass is 193 g/mol. The van der Waals surface area contributed by atoms with E-state index in [1.54, 1.807) is 0 Å². The lowest BCUT2D eigenvalue weighted by Crippen LogP contribution is -2.05. The number of aryl methyl sites for hydroxylation is 2. The first-order valence-electron chi connectivity index (χ1n) is 5.19. The van der Waals surface area contributed by atoms with Crippen LogP contribution in [0.5, 0.6) is 0 Å². The number of hydrogen-bond donors (Lipinski definition) is 1. The Morgan fingerprint density at radius 1 is 1.57 bits per heavy atom. The van der Waals surface area contributed by atoms with Crippen LogP contribution in [-0.2, 0) is 7.05 Å². The molecule has 2 atom stereocenters. The standard InChI is InChI=1S/C11H19N3/c1-7-5-9(13-14(7)4)10-8(6-12)11(10,2)3/h5,8,10H,6,12H2,1-4H3. The Bertz CT molecular complexity index is 332. The molecule has 0 amide bonds. The highest BCUT2D eigenvalue weighted by Crippen LogP contribution is 2.63. The van der Waals surface area contributed by atoms with Gasteiger partial charge in [0.1, 0.15) is 0 Å². The van der Waals surface area contributed by atoms with Crippen LogP contribution >= 0.6 is 0 Å². The molecule has 3 heteroatoms. The summed E-state index contributed by atoms with van der Waals surface area (Å²) in [7, 11) is 1.99. The second kappa shape index (κ2) is 2.83. The zero-order valence-corrected chi connectivity index (χ0v) is 9.41. The fraction of sp³-hybridized carbons (Fsp3) is 0.727. The summed E-state index contributed by atoms with van der Waals surface area (Å²) >= 11 is 0. The Kier molecular flexibility index (Phi) is 1.96. The molecule has 78 valence electrons. The van der Waals surface area contributed by atoms with E-state index in [-0.39, 0.29) is 0 Å². The average molecular weight is 193 g/mol. The highest BCUT2D eigenvalue weighted by molar-refractivity contribution is 5.27. The van der Waals surface area contributed by atoms with Crippen LogP contribution in [0.15, 0.2) is 6.07 Å². The van der Waals surface area contributed by atoms with E-state index < -0.39 is 0 Å². The Hall–Kier alpha value is -0.830. The van der Waals surface area contributed by atoms with Crippen LogP contribution in [0, 0.1) is 18.3 Å². The van der Waals surface area contributed by atoms with Crippen molar-refractivity contribution in [2.24, 2.45) is 24.1 Å². The van der Waals surface area contributed by atoms with Gasteiger partial charge in [-0.05, 0) is 30.9 Å². The van der Waals surface area contributed by atoms with E-state index in [9.17, 15) is 0 Å². The fourth-order valence-electron chi connectivity index (χ4n) is 2.51. The van der Waals surface area contributed by atoms with E-state index in [1.165, 1.54) is 11.4 Å². The molecule has 1 aliphatic carbocycles. The van der Waals surface area contributed by atoms with Gasteiger partial charge >= 0.3 is 0 Å². The molecule has 3 nitrogen and oxygen atoms in total. The molecule has 2 rings (SSSR count). The van der Waals surface area contributed by atoms with Crippen LogP contribution in [0.3, 0.4) is 0 Å². The van der Waals surface area contributed by atoms with Gasteiger partial charge in [0.25, 0.3) is 0 Å². The van der Waals surface area contributed by atoms with Gasteiger partial charge in [-0.2, -0.15) is 5.10 Å². The van der Waals surface area contributed by atoms with Crippen LogP contribution in [0.4, 0.5) is 0 Å². The van der Waals surface area contributed by atoms with Crippen LogP contribution < -0.4 is 5.73 Å². The summed E-state index contributed by atoms with van der Waals surface area (Å²) in [5.41, 5.74) is 8.52. The maximum absolute atomic E-state index is 5.75. The molecule has 2 N–H and O–H groups in total. The maximum Gasteiger partial charge on any atom is 0.0667 e. The molecule has 1 heterocycles. The first-order chi connectivity index (χ1) is 6.48. The Balaban J connectivity index is 2.26. The first-order valence-corrected chi connectivity index (χ1v) is 5.19. The summed E-state index contributed by atoms with van der Waals surface area (Å²) in [5, 5.41) is 4.53. The number of rotatable bonds is 2. The maximum atomic E-state index is 5.75. The molecule has 2 unspecified atom stereocenters. The van der Waals surface area contributed by atoms with Gasteiger partial charge in [-0.15, -0.1) is 0 Å². The van der Waals surface area contributed by atoms with Crippen molar-refractivity contribution in [3.05, 3.63) is 17.5 Å². The Morgan fingerprint density at radius 2 is 2.21 bits per heavy atom. The zero-order chi connectivity index (χ0) is 10.5. The normalized spacial score (nSPS) is 29.2. The summed E-state index contributed by atoms with van der Waals surface area (Å²) in [6.45, 7) is 7.41. The summed E-state index contributed by atoms with van der Waals surface area (Å²) in [6.07, 6.45) is 0. The van der Waals surface area contributed by atoms with Gasteiger partial charge in [0.05, 0.1) is 5.69 Å². The SMILES string of the molecule is Cc1cc(C2C(CN)C2(C)C)nn1C. The lowest BCUT2D eigenvalue weighted by Gasteiger charge is -1.98. The van der Waals surface area contributed by atoms with Crippen molar-refractivity contribution in [2.45, 2.75) is 26.7 Å². The summed E-state index contributed by atoms with van der Waals surface area (Å²) < 4.78 is 1.94. The van der Waals surface area contributed by atoms with Gasteiger partial charge < -0.3 is 5.73 Å². The molecule has 0 spiro atoms. The molecule has 14 heavy (non-hydrogen) atoms. The second-order valence-electron chi connectivity index (χ2n) is 4.98. The van der Waals surface area contributed by atoms with Crippen molar-refractivity contribution in [2.75, 3.05) is 6.54 Å². The number of nitrogens with zero attached hydrogens (tertiary/aromatic N) is 2. The second-order valence-corrected chi connectivity index (χ2v) is 4.98. The van der Waals surface area contributed by atoms with E-state index >= 15 is 0 Å². The van der Waals surface area contributed by atoms with Gasteiger partial charge in [-0.3, -0.25) is 4.68 Å². The summed E-state index contributed by atoms with van der Waals surface area (Å²) in [6, 6.07) is 2.18. The minimum Gasteiger partial charge on any atom is -0.330 e. The smallest absolute Gasteiger partial charge is 0.0667 e. The van der Waals surface area contributed by atoms with E-state index in [4.69, 9.17) is 5.73 Å². The van der Waals surface area contributed by atoms with Crippen LogP contribution in [0.2, 0.25) is 0 Å². The molecule has 0 aliphatic heterocycles. The highest BCUT2D eigenvalue weighted by atomic mass is 15.3. The molecular formula is C11H19N3. The molecule has 1 saturated carbocycles. The van der Waals surface area contributed by atoms with Crippen molar-refractivity contribution in [1.82, 2.24) is 9.78 Å². The topological polar surface area (TPSA) is 43.8 Å². The molecule has 1 fully saturated rings. The third-order valence-corrected chi connectivity index (χ3v) is 3.76. The molecule has 1 aromatic rings. The van der Waals surface area contributed by atoms with E-state index in [0.717, 1.165) is 6.54 Å². The van der Waals surface area contributed by atoms with Crippen LogP contribution in [0.25, 0.3) is 0 Å². The Morgan fingerprint density at radius 3 is 2.57 bits per heavy atom. The van der Waals surface area contributed by atoms with Crippen molar-refractivity contribution < 1.29 is 0 Å². The van der Waals surface area contributed by atoms with Crippen molar-refractivity contribution >= 4 is 0 Å². The minimum absolute atomic E-state index is 0.343. The van der Waals surface area contributed by atoms with E-state index in [2.05, 4.69) is 31.9 Å². The fourth-order valence-corrected chi connectivity index (χ4v) is 2.51. The van der Waals surface area contributed by atoms with Crippen molar-refractivity contribution in [3.63, 3.8) is 0 Å². The minimum atomic E-state index is 0.343. The lowest BCUT2D eigenvalue weighted by molar-refractivity contribution is 0.556. The molecule has 1 aliphatic rings. The molecule has 0 radical (unpaired) electrons. The van der Waals surface area contributed by atoms with Crippen molar-refractivity contribution in [1.29, 1.82) is 0 Å². The van der Waals surface area contributed by atoms with Crippen molar-refractivity contribution in [3.8, 4) is 0 Å². The predicted molar refractivity (Wildman–Crippen MR) is 57.0 cm³/mol. The third kappa shape index (κ3) is 1.19. The molecular weight excluding hydrogens is 174 g/mol. The molecule has 0 aromatic carbocycles. The largest absolute Gasteiger partial charge is 0.330 e. The van der Waals surface area contributed by atoms with Crippen LogP contribution in [0.1, 0.15) is 31.2 Å². The predicted octanol–water partition coefficient (Wildman–Crippen LogP) is 1.43. The Labute approximate surface area is 85.3 Å². The highest BCUT2D eigenvalue weighted by Gasteiger charge is 2.58. The summed E-state index contributed by atoms with van der Waals surface area (Å²) in [5.74, 6) is 1.17. The molecule has 0 bridgehead atoms. The first kappa shape index (κ1) is 9.71. The average Bonchev–Trinajstić information content (AvgIpc) is 2.50. The zero-order valence-electron chi connectivity index (χ0n) is 9.41.